The number of aromatic carboxylic acids is 1. The van der Waals surface area contributed by atoms with Crippen LogP contribution in [0.3, 0.4) is 0 Å². The molecule has 1 fully saturated rings. The van der Waals surface area contributed by atoms with Crippen molar-refractivity contribution >= 4 is 23.5 Å². The normalized spacial score (nSPS) is 16.5. The molecule has 202 valence electrons. The van der Waals surface area contributed by atoms with Crippen molar-refractivity contribution in [3.63, 3.8) is 0 Å². The molecule has 3 N–H and O–H groups in total. The van der Waals surface area contributed by atoms with E-state index in [9.17, 15) is 14.7 Å². The summed E-state index contributed by atoms with van der Waals surface area (Å²) < 4.78 is 1.50. The van der Waals surface area contributed by atoms with Gasteiger partial charge in [-0.3, -0.25) is 4.90 Å². The lowest BCUT2D eigenvalue weighted by Crippen LogP contribution is -2.48. The molecule has 2 aromatic carbocycles. The Morgan fingerprint density at radius 2 is 1.75 bits per heavy atom. The first kappa shape index (κ1) is 26.4. The van der Waals surface area contributed by atoms with E-state index in [1.165, 1.54) is 17.1 Å². The van der Waals surface area contributed by atoms with Gasteiger partial charge in [-0.2, -0.15) is 10.4 Å². The number of carbonyl (C=O) groups is 2. The summed E-state index contributed by atoms with van der Waals surface area (Å²) in [5.74, 6) is -0.302. The highest BCUT2D eigenvalue weighted by molar-refractivity contribution is 5.92. The van der Waals surface area contributed by atoms with E-state index in [0.29, 0.717) is 17.8 Å². The number of nitriles is 1. The zero-order valence-electron chi connectivity index (χ0n) is 21.8. The Morgan fingerprint density at radius 1 is 1.00 bits per heavy atom. The minimum absolute atomic E-state index is 0.00286. The minimum Gasteiger partial charge on any atom is -0.478 e. The van der Waals surface area contributed by atoms with Crippen molar-refractivity contribution in [2.75, 3.05) is 10.2 Å². The summed E-state index contributed by atoms with van der Waals surface area (Å²) in [6.07, 6.45) is 7.64. The molecule has 2 amide bonds. The number of carbonyl (C=O) groups excluding carboxylic acids is 1. The number of pyridine rings is 1. The highest BCUT2D eigenvalue weighted by Crippen LogP contribution is 2.30. The number of rotatable bonds is 8. The van der Waals surface area contributed by atoms with E-state index >= 15 is 0 Å². The van der Waals surface area contributed by atoms with Crippen LogP contribution in [0.25, 0.3) is 5.69 Å². The molecule has 40 heavy (non-hydrogen) atoms. The third-order valence-electron chi connectivity index (χ3n) is 7.03. The van der Waals surface area contributed by atoms with Crippen LogP contribution in [-0.2, 0) is 6.54 Å². The first-order valence-electron chi connectivity index (χ1n) is 13.1. The number of anilines is 2. The lowest BCUT2D eigenvalue weighted by molar-refractivity contribution is 0.0697. The summed E-state index contributed by atoms with van der Waals surface area (Å²) in [5.41, 5.74) is 3.09. The van der Waals surface area contributed by atoms with E-state index in [0.717, 1.165) is 42.8 Å². The summed E-state index contributed by atoms with van der Waals surface area (Å²) in [7, 11) is 0. The fourth-order valence-corrected chi connectivity index (χ4v) is 4.93. The molecule has 1 aliphatic carbocycles. The molecule has 5 rings (SSSR count). The second kappa shape index (κ2) is 12.1. The number of aromatic nitrogens is 3. The Hall–Kier alpha value is -5.17. The standard InChI is InChI=1S/C30H29N7O3/c31-16-22-6-15-28(32-18-22)35-24-7-9-26(10-8-24)37(30(40)33-17-21-4-2-1-3-5-21)27-13-11-25(12-14-27)36-20-23(19-34-36)29(38)39/h1-6,11-15,18-20,24,26H,7-10,17H2,(H,32,35)(H,33,40)(H,38,39). The Labute approximate surface area is 231 Å². The molecule has 0 aliphatic heterocycles. The van der Waals surface area contributed by atoms with Gasteiger partial charge in [-0.05, 0) is 67.6 Å². The van der Waals surface area contributed by atoms with Gasteiger partial charge in [0.1, 0.15) is 11.9 Å². The highest BCUT2D eigenvalue weighted by Gasteiger charge is 2.30. The summed E-state index contributed by atoms with van der Waals surface area (Å²) in [4.78, 5) is 30.9. The first-order valence-corrected chi connectivity index (χ1v) is 13.1. The van der Waals surface area contributed by atoms with Gasteiger partial charge in [0.25, 0.3) is 0 Å². The molecule has 10 nitrogen and oxygen atoms in total. The number of nitrogens with zero attached hydrogens (tertiary/aromatic N) is 5. The van der Waals surface area contributed by atoms with Crippen LogP contribution >= 0.6 is 0 Å². The Morgan fingerprint density at radius 3 is 2.38 bits per heavy atom. The minimum atomic E-state index is -1.04. The Balaban J connectivity index is 1.30. The van der Waals surface area contributed by atoms with Crippen LogP contribution in [0.1, 0.15) is 47.2 Å². The van der Waals surface area contributed by atoms with Crippen LogP contribution in [-0.4, -0.2) is 44.0 Å². The maximum Gasteiger partial charge on any atom is 0.338 e. The van der Waals surface area contributed by atoms with Gasteiger partial charge in [0.15, 0.2) is 0 Å². The second-order valence-corrected chi connectivity index (χ2v) is 9.70. The third kappa shape index (κ3) is 6.27. The quantitative estimate of drug-likeness (QED) is 0.290. The van der Waals surface area contributed by atoms with Gasteiger partial charge in [-0.25, -0.2) is 19.3 Å². The lowest BCUT2D eigenvalue weighted by atomic mass is 9.90. The molecule has 1 saturated carbocycles. The predicted octanol–water partition coefficient (Wildman–Crippen LogP) is 4.98. The van der Waals surface area contributed by atoms with Crippen molar-refractivity contribution in [1.82, 2.24) is 20.1 Å². The van der Waals surface area contributed by atoms with Crippen LogP contribution in [0, 0.1) is 11.3 Å². The maximum atomic E-state index is 13.6. The highest BCUT2D eigenvalue weighted by atomic mass is 16.4. The number of hydrogen-bond acceptors (Lipinski definition) is 6. The molecule has 2 aromatic heterocycles. The Kier molecular flexibility index (Phi) is 8.02. The van der Waals surface area contributed by atoms with E-state index in [-0.39, 0.29) is 23.7 Å². The fraction of sp³-hybridized carbons (Fsp3) is 0.233. The largest absolute Gasteiger partial charge is 0.478 e. The third-order valence-corrected chi connectivity index (χ3v) is 7.03. The van der Waals surface area contributed by atoms with Crippen LogP contribution < -0.4 is 15.5 Å². The van der Waals surface area contributed by atoms with Crippen LogP contribution in [0.15, 0.2) is 85.3 Å². The van der Waals surface area contributed by atoms with Crippen molar-refractivity contribution in [3.05, 3.63) is 102 Å². The average molecular weight is 536 g/mol. The van der Waals surface area contributed by atoms with Gasteiger partial charge < -0.3 is 15.7 Å². The summed E-state index contributed by atoms with van der Waals surface area (Å²) in [5, 5.41) is 28.9. The van der Waals surface area contributed by atoms with E-state index in [1.807, 2.05) is 65.6 Å². The van der Waals surface area contributed by atoms with Crippen molar-refractivity contribution < 1.29 is 14.7 Å². The van der Waals surface area contributed by atoms with Crippen LogP contribution in [0.2, 0.25) is 0 Å². The van der Waals surface area contributed by atoms with E-state index in [2.05, 4.69) is 26.8 Å². The zero-order chi connectivity index (χ0) is 27.9. The van der Waals surface area contributed by atoms with Gasteiger partial charge in [-0.1, -0.05) is 30.3 Å². The number of benzene rings is 2. The number of carboxylic acid groups (broad SMARTS) is 1. The smallest absolute Gasteiger partial charge is 0.338 e. The molecule has 0 spiro atoms. The fourth-order valence-electron chi connectivity index (χ4n) is 4.93. The molecule has 0 atom stereocenters. The molecule has 0 bridgehead atoms. The molecule has 4 aromatic rings. The first-order chi connectivity index (χ1) is 19.5. The second-order valence-electron chi connectivity index (χ2n) is 9.70. The molecule has 1 aliphatic rings. The van der Waals surface area contributed by atoms with Crippen LogP contribution in [0.5, 0.6) is 0 Å². The summed E-state index contributed by atoms with van der Waals surface area (Å²) >= 11 is 0. The van der Waals surface area contributed by atoms with Crippen molar-refractivity contribution in [2.45, 2.75) is 44.3 Å². The predicted molar refractivity (Wildman–Crippen MR) is 150 cm³/mol. The summed E-state index contributed by atoms with van der Waals surface area (Å²) in [6, 6.07) is 22.9. The summed E-state index contributed by atoms with van der Waals surface area (Å²) in [6.45, 7) is 0.417. The van der Waals surface area contributed by atoms with E-state index in [1.54, 1.807) is 12.3 Å². The SMILES string of the molecule is N#Cc1ccc(NC2CCC(N(C(=O)NCc3ccccc3)c3ccc(-n4cc(C(=O)O)cn4)cc3)CC2)nc1. The molecule has 10 heteroatoms. The average Bonchev–Trinajstić information content (AvgIpc) is 3.49. The molecular weight excluding hydrogens is 506 g/mol. The number of amides is 2. The molecule has 0 radical (unpaired) electrons. The number of hydrogen-bond donors (Lipinski definition) is 3. The van der Waals surface area contributed by atoms with Gasteiger partial charge in [0.2, 0.25) is 0 Å². The molecule has 0 unspecified atom stereocenters. The van der Waals surface area contributed by atoms with Gasteiger partial charge >= 0.3 is 12.0 Å². The lowest BCUT2D eigenvalue weighted by Gasteiger charge is -2.37. The monoisotopic (exact) mass is 535 g/mol. The van der Waals surface area contributed by atoms with Gasteiger partial charge in [0.05, 0.1) is 23.0 Å². The maximum absolute atomic E-state index is 13.6. The Bertz CT molecular complexity index is 1490. The number of nitrogens with one attached hydrogen (secondary N) is 2. The van der Waals surface area contributed by atoms with E-state index < -0.39 is 5.97 Å². The van der Waals surface area contributed by atoms with Crippen LogP contribution in [0.4, 0.5) is 16.3 Å². The molecule has 2 heterocycles. The zero-order valence-corrected chi connectivity index (χ0v) is 21.8. The van der Waals surface area contributed by atoms with Gasteiger partial charge in [-0.15, -0.1) is 0 Å². The van der Waals surface area contributed by atoms with E-state index in [4.69, 9.17) is 5.26 Å². The molecular formula is C30H29N7O3. The van der Waals surface area contributed by atoms with Crippen molar-refractivity contribution in [2.24, 2.45) is 0 Å². The molecule has 0 saturated heterocycles. The van der Waals surface area contributed by atoms with Crippen molar-refractivity contribution in [1.29, 1.82) is 5.26 Å². The number of carboxylic acids is 1. The number of urea groups is 1. The van der Waals surface area contributed by atoms with Crippen molar-refractivity contribution in [3.8, 4) is 11.8 Å². The van der Waals surface area contributed by atoms with Gasteiger partial charge in [0, 0.05) is 36.7 Å². The topological polar surface area (TPSA) is 136 Å².